The number of carbonyl (C=O) groups is 1. The number of carbonyl (C=O) groups excluding carboxylic acids is 1. The Morgan fingerprint density at radius 3 is 2.93 bits per heavy atom. The molecule has 2 heterocycles. The first-order valence-corrected chi connectivity index (χ1v) is 7.09. The van der Waals surface area contributed by atoms with Gasteiger partial charge in [0.15, 0.2) is 5.12 Å². The molecule has 0 saturated carbocycles. The molecule has 4 heteroatoms. The molecular formula is C10H14O2S2. The molecular weight excluding hydrogens is 216 g/mol. The van der Waals surface area contributed by atoms with Gasteiger partial charge in [0.05, 0.1) is 10.5 Å². The fourth-order valence-corrected chi connectivity index (χ4v) is 5.26. The summed E-state index contributed by atoms with van der Waals surface area (Å²) in [5.74, 6) is 0. The van der Waals surface area contributed by atoms with Crippen molar-refractivity contribution in [3.8, 4) is 0 Å². The third-order valence-electron chi connectivity index (χ3n) is 2.74. The second kappa shape index (κ2) is 4.19. The molecule has 0 aliphatic carbocycles. The van der Waals surface area contributed by atoms with Crippen LogP contribution >= 0.6 is 11.8 Å². The first-order chi connectivity index (χ1) is 6.68. The zero-order valence-corrected chi connectivity index (χ0v) is 9.77. The number of fused-ring (bicyclic) bond motifs is 2. The minimum absolute atomic E-state index is 0.122. The van der Waals surface area contributed by atoms with Gasteiger partial charge in [-0.3, -0.25) is 9.00 Å². The van der Waals surface area contributed by atoms with Crippen LogP contribution in [0, 0.1) is 0 Å². The zero-order valence-electron chi connectivity index (χ0n) is 8.14. The maximum atomic E-state index is 11.9. The van der Waals surface area contributed by atoms with E-state index >= 15 is 0 Å². The minimum atomic E-state index is -0.767. The largest absolute Gasteiger partial charge is 0.288 e. The minimum Gasteiger partial charge on any atom is -0.288 e. The number of hydrogen-bond donors (Lipinski definition) is 0. The molecule has 2 aliphatic rings. The smallest absolute Gasteiger partial charge is 0.186 e. The molecule has 0 aromatic rings. The van der Waals surface area contributed by atoms with Gasteiger partial charge in [0.2, 0.25) is 0 Å². The van der Waals surface area contributed by atoms with Gasteiger partial charge in [-0.15, -0.1) is 0 Å². The predicted molar refractivity (Wildman–Crippen MR) is 60.8 cm³/mol. The van der Waals surface area contributed by atoms with Gasteiger partial charge in [0, 0.05) is 23.0 Å². The molecule has 0 N–H and O–H groups in total. The Morgan fingerprint density at radius 2 is 2.21 bits per heavy atom. The third kappa shape index (κ3) is 1.96. The molecule has 4 atom stereocenters. The Bertz CT molecular complexity index is 298. The van der Waals surface area contributed by atoms with Gasteiger partial charge in [0.25, 0.3) is 0 Å². The van der Waals surface area contributed by atoms with Gasteiger partial charge in [-0.25, -0.2) is 0 Å². The molecule has 0 radical (unpaired) electrons. The molecule has 2 bridgehead atoms. The van der Waals surface area contributed by atoms with E-state index in [1.54, 1.807) is 6.92 Å². The van der Waals surface area contributed by atoms with Crippen molar-refractivity contribution in [2.75, 3.05) is 0 Å². The number of hydrogen-bond acceptors (Lipinski definition) is 3. The summed E-state index contributed by atoms with van der Waals surface area (Å²) in [5, 5.41) is 0.775. The highest BCUT2D eigenvalue weighted by Crippen LogP contribution is 2.35. The van der Waals surface area contributed by atoms with Crippen molar-refractivity contribution < 1.29 is 9.00 Å². The summed E-state index contributed by atoms with van der Waals surface area (Å²) in [6.07, 6.45) is 7.28. The van der Waals surface area contributed by atoms with E-state index in [1.165, 1.54) is 11.8 Å². The molecule has 4 unspecified atom stereocenters. The Kier molecular flexibility index (Phi) is 3.12. The van der Waals surface area contributed by atoms with E-state index in [0.717, 1.165) is 19.3 Å². The van der Waals surface area contributed by atoms with E-state index < -0.39 is 10.8 Å². The van der Waals surface area contributed by atoms with Crippen LogP contribution in [0.1, 0.15) is 26.2 Å². The van der Waals surface area contributed by atoms with Crippen molar-refractivity contribution in [2.24, 2.45) is 0 Å². The normalized spacial score (nSPS) is 40.9. The quantitative estimate of drug-likeness (QED) is 0.645. The molecule has 0 aromatic carbocycles. The summed E-state index contributed by atoms with van der Waals surface area (Å²) < 4.78 is 11.9. The third-order valence-corrected chi connectivity index (χ3v) is 6.09. The average molecular weight is 230 g/mol. The zero-order chi connectivity index (χ0) is 10.1. The van der Waals surface area contributed by atoms with Crippen LogP contribution in [0.3, 0.4) is 0 Å². The molecule has 78 valence electrons. The summed E-state index contributed by atoms with van der Waals surface area (Å²) in [4.78, 5) is 11.0. The van der Waals surface area contributed by atoms with E-state index in [9.17, 15) is 9.00 Å². The van der Waals surface area contributed by atoms with Gasteiger partial charge < -0.3 is 0 Å². The van der Waals surface area contributed by atoms with Gasteiger partial charge in [-0.2, -0.15) is 0 Å². The Balaban J connectivity index is 2.14. The first kappa shape index (κ1) is 10.4. The topological polar surface area (TPSA) is 34.1 Å². The van der Waals surface area contributed by atoms with Crippen LogP contribution in [0.5, 0.6) is 0 Å². The summed E-state index contributed by atoms with van der Waals surface area (Å²) in [6.45, 7) is 1.59. The molecule has 2 nitrogen and oxygen atoms in total. The lowest BCUT2D eigenvalue weighted by Gasteiger charge is -2.17. The van der Waals surface area contributed by atoms with Crippen molar-refractivity contribution in [3.63, 3.8) is 0 Å². The first-order valence-electron chi connectivity index (χ1n) is 4.93. The highest BCUT2D eigenvalue weighted by Gasteiger charge is 2.36. The molecule has 2 rings (SSSR count). The van der Waals surface area contributed by atoms with E-state index in [1.807, 2.05) is 0 Å². The Morgan fingerprint density at radius 1 is 1.43 bits per heavy atom. The number of rotatable bonds is 1. The summed E-state index contributed by atoms with van der Waals surface area (Å²) in [7, 11) is -0.767. The average Bonchev–Trinajstić information content (AvgIpc) is 2.36. The van der Waals surface area contributed by atoms with Crippen molar-refractivity contribution in [2.45, 2.75) is 41.9 Å². The summed E-state index contributed by atoms with van der Waals surface area (Å²) in [6, 6.07) is 0. The second-order valence-electron chi connectivity index (χ2n) is 3.80. The lowest BCUT2D eigenvalue weighted by Crippen LogP contribution is -2.25. The van der Waals surface area contributed by atoms with Crippen molar-refractivity contribution >= 4 is 27.7 Å². The van der Waals surface area contributed by atoms with E-state index in [4.69, 9.17) is 0 Å². The number of thioether (sulfide) groups is 1. The molecule has 2 aliphatic heterocycles. The van der Waals surface area contributed by atoms with Gasteiger partial charge in [0.1, 0.15) is 0 Å². The predicted octanol–water partition coefficient (Wildman–Crippen LogP) is 1.87. The molecule has 1 saturated heterocycles. The molecule has 0 aromatic heterocycles. The fraction of sp³-hybridized carbons (Fsp3) is 0.700. The highest BCUT2D eigenvalue weighted by atomic mass is 32.2. The fourth-order valence-electron chi connectivity index (χ4n) is 2.10. The standard InChI is InChI=1S/C10H14O2S2/c1-7(11)13-9-4-2-3-8-5-6-10(9)14(8)12/h5-6,8-10H,2-4H2,1H3. The van der Waals surface area contributed by atoms with Crippen molar-refractivity contribution in [3.05, 3.63) is 12.2 Å². The van der Waals surface area contributed by atoms with Gasteiger partial charge in [-0.1, -0.05) is 30.3 Å². The van der Waals surface area contributed by atoms with Crippen LogP contribution in [-0.2, 0) is 15.6 Å². The SMILES string of the molecule is CC(=O)SC1CCCC2C=CC1S2=O. The molecule has 0 spiro atoms. The van der Waals surface area contributed by atoms with Gasteiger partial charge in [-0.05, 0) is 12.8 Å². The Hall–Kier alpha value is -0.0900. The van der Waals surface area contributed by atoms with Crippen LogP contribution in [0.25, 0.3) is 0 Å². The molecule has 14 heavy (non-hydrogen) atoms. The summed E-state index contributed by atoms with van der Waals surface area (Å²) in [5.41, 5.74) is 0. The summed E-state index contributed by atoms with van der Waals surface area (Å²) >= 11 is 1.37. The Labute approximate surface area is 91.0 Å². The maximum absolute atomic E-state index is 11.9. The molecule has 0 amide bonds. The van der Waals surface area contributed by atoms with E-state index in [2.05, 4.69) is 12.2 Å². The maximum Gasteiger partial charge on any atom is 0.186 e. The highest BCUT2D eigenvalue weighted by molar-refractivity contribution is 8.14. The van der Waals surface area contributed by atoms with Crippen LogP contribution in [0.4, 0.5) is 0 Å². The van der Waals surface area contributed by atoms with Crippen molar-refractivity contribution in [1.82, 2.24) is 0 Å². The van der Waals surface area contributed by atoms with Gasteiger partial charge >= 0.3 is 0 Å². The van der Waals surface area contributed by atoms with Crippen LogP contribution < -0.4 is 0 Å². The van der Waals surface area contributed by atoms with Crippen molar-refractivity contribution in [1.29, 1.82) is 0 Å². The molecule has 1 fully saturated rings. The lowest BCUT2D eigenvalue weighted by molar-refractivity contribution is -0.109. The van der Waals surface area contributed by atoms with Crippen LogP contribution in [0.15, 0.2) is 12.2 Å². The van der Waals surface area contributed by atoms with E-state index in [-0.39, 0.29) is 20.9 Å². The van der Waals surface area contributed by atoms with Crippen LogP contribution in [-0.4, -0.2) is 25.1 Å². The second-order valence-corrected chi connectivity index (χ2v) is 7.02. The monoisotopic (exact) mass is 230 g/mol. The van der Waals surface area contributed by atoms with E-state index in [0.29, 0.717) is 0 Å². The lowest BCUT2D eigenvalue weighted by atomic mass is 10.1. The van der Waals surface area contributed by atoms with Crippen LogP contribution in [0.2, 0.25) is 0 Å².